The first kappa shape index (κ1) is 52.1. The molecule has 0 unspecified atom stereocenters. The summed E-state index contributed by atoms with van der Waals surface area (Å²) in [7, 11) is 5.27. The number of carbonyl (C=O) groups excluding carboxylic acids is 5. The number of aryl methyl sites for hydroxylation is 1. The van der Waals surface area contributed by atoms with Gasteiger partial charge in [0, 0.05) is 62.1 Å². The summed E-state index contributed by atoms with van der Waals surface area (Å²) in [5.74, 6) is -5.95. The summed E-state index contributed by atoms with van der Waals surface area (Å²) in [6.07, 6.45) is 7.39. The van der Waals surface area contributed by atoms with E-state index in [9.17, 15) is 19.2 Å². The largest absolute Gasteiger partial charge is 0.457 e. The Morgan fingerprint density at radius 2 is 1.69 bits per heavy atom. The molecule has 3 aliphatic heterocycles. The summed E-state index contributed by atoms with van der Waals surface area (Å²) in [6.45, 7) is 14.9. The zero-order valence-corrected chi connectivity index (χ0v) is 41.5. The average molecular weight is 942 g/mol. The normalized spacial score (nSPS) is 33.0. The maximum atomic E-state index is 15.1. The molecule has 3 saturated heterocycles. The van der Waals surface area contributed by atoms with Crippen LogP contribution in [0.4, 0.5) is 4.79 Å². The van der Waals surface area contributed by atoms with Crippen molar-refractivity contribution in [3.8, 4) is 11.3 Å². The number of benzene rings is 1. The first-order chi connectivity index (χ1) is 32.4. The molecule has 16 heteroatoms. The van der Waals surface area contributed by atoms with Crippen molar-refractivity contribution in [1.29, 1.82) is 0 Å². The number of unbranched alkanes of at least 4 members (excludes halogenated alkanes) is 1. The average Bonchev–Trinajstić information content (AvgIpc) is 3.92. The molecular formula is C52H71N5O11. The Morgan fingerprint density at radius 1 is 0.971 bits per heavy atom. The van der Waals surface area contributed by atoms with Crippen LogP contribution in [0.3, 0.4) is 0 Å². The zero-order valence-electron chi connectivity index (χ0n) is 41.5. The quantitative estimate of drug-likeness (QED) is 0.0515. The fourth-order valence-corrected chi connectivity index (χ4v) is 10.5. The van der Waals surface area contributed by atoms with Crippen LogP contribution in [-0.4, -0.2) is 136 Å². The highest BCUT2D eigenvalue weighted by atomic mass is 16.7. The van der Waals surface area contributed by atoms with Gasteiger partial charge < -0.3 is 37.9 Å². The van der Waals surface area contributed by atoms with Crippen LogP contribution in [-0.2, 0) is 49.3 Å². The predicted molar refractivity (Wildman–Crippen MR) is 253 cm³/mol. The van der Waals surface area contributed by atoms with Gasteiger partial charge in [-0.25, -0.2) is 14.6 Å². The first-order valence-corrected chi connectivity index (χ1v) is 24.0. The van der Waals surface area contributed by atoms with E-state index in [1.54, 1.807) is 101 Å². The van der Waals surface area contributed by atoms with Crippen molar-refractivity contribution in [2.45, 2.75) is 148 Å². The van der Waals surface area contributed by atoms with Gasteiger partial charge in [-0.05, 0) is 104 Å². The molecule has 1 amide bonds. The SMILES string of the molecule is C/C=C\[C@]12OC(=O)N(CCCCn3cnc(-c4cccnc4)c3)[C@@H]1[C@@H](C)C(=O)[C@H](C)C[C@@](C)(OC)[C@H](O[C@@H]1O[C@H](C)C[C@H](N(C)C)[C@H]1OC(=O)c1ccccc1)[C@@H](C)C(=O)[C@@H](C)C(=O)O[C@@H]2CC. The highest BCUT2D eigenvalue weighted by molar-refractivity contribution is 6.00. The van der Waals surface area contributed by atoms with E-state index in [2.05, 4.69) is 9.97 Å². The van der Waals surface area contributed by atoms with Crippen molar-refractivity contribution in [3.63, 3.8) is 0 Å². The molecule has 3 fully saturated rings. The number of rotatable bonds is 14. The Hall–Kier alpha value is -5.29. The van der Waals surface area contributed by atoms with Crippen molar-refractivity contribution in [3.05, 3.63) is 85.1 Å². The lowest BCUT2D eigenvalue weighted by Gasteiger charge is -2.47. The number of imidazole rings is 1. The summed E-state index contributed by atoms with van der Waals surface area (Å²) in [5.41, 5.74) is -0.867. The third-order valence-electron chi connectivity index (χ3n) is 14.2. The molecule has 0 spiro atoms. The third-order valence-corrected chi connectivity index (χ3v) is 14.2. The van der Waals surface area contributed by atoms with Gasteiger partial charge in [0.05, 0.1) is 47.5 Å². The van der Waals surface area contributed by atoms with Gasteiger partial charge in [0.1, 0.15) is 17.8 Å². The number of ketones is 2. The fraction of sp³-hybridized carbons (Fsp3) is 0.596. The molecule has 13 atom stereocenters. The van der Waals surface area contributed by atoms with Crippen LogP contribution in [0.5, 0.6) is 0 Å². The molecule has 0 radical (unpaired) electrons. The summed E-state index contributed by atoms with van der Waals surface area (Å²) < 4.78 is 40.6. The number of carbonyl (C=O) groups is 5. The molecule has 0 saturated carbocycles. The van der Waals surface area contributed by atoms with Crippen molar-refractivity contribution < 1.29 is 52.4 Å². The van der Waals surface area contributed by atoms with Gasteiger partial charge in [0.2, 0.25) is 0 Å². The van der Waals surface area contributed by atoms with Crippen molar-refractivity contribution in [2.24, 2.45) is 23.7 Å². The molecule has 370 valence electrons. The Balaban J connectivity index is 1.33. The number of amides is 1. The van der Waals surface area contributed by atoms with Crippen LogP contribution in [0, 0.1) is 23.7 Å². The van der Waals surface area contributed by atoms with Gasteiger partial charge in [-0.1, -0.05) is 52.0 Å². The maximum absolute atomic E-state index is 15.1. The van der Waals surface area contributed by atoms with Crippen LogP contribution in [0.25, 0.3) is 11.3 Å². The summed E-state index contributed by atoms with van der Waals surface area (Å²) in [5, 5.41) is 0. The number of methoxy groups -OCH3 is 1. The number of Topliss-reactive ketones (excluding diaryl/α,β-unsaturated/α-hetero) is 2. The van der Waals surface area contributed by atoms with Crippen LogP contribution in [0.15, 0.2) is 79.5 Å². The Morgan fingerprint density at radius 3 is 2.34 bits per heavy atom. The lowest BCUT2D eigenvalue weighted by atomic mass is 9.72. The monoisotopic (exact) mass is 942 g/mol. The van der Waals surface area contributed by atoms with E-state index in [1.165, 1.54) is 14.0 Å². The molecule has 68 heavy (non-hydrogen) atoms. The molecule has 3 aliphatic rings. The van der Waals surface area contributed by atoms with Crippen molar-refractivity contribution in [2.75, 3.05) is 27.7 Å². The predicted octanol–water partition coefficient (Wildman–Crippen LogP) is 7.35. The number of ether oxygens (including phenoxy) is 6. The number of esters is 2. The number of hydrogen-bond donors (Lipinski definition) is 0. The minimum Gasteiger partial charge on any atom is -0.457 e. The van der Waals surface area contributed by atoms with Gasteiger partial charge in [0.15, 0.2) is 23.8 Å². The van der Waals surface area contributed by atoms with Gasteiger partial charge in [-0.15, -0.1) is 0 Å². The molecule has 5 heterocycles. The highest BCUT2D eigenvalue weighted by Crippen LogP contribution is 2.44. The molecule has 3 aromatic rings. The second-order valence-corrected chi connectivity index (χ2v) is 19.2. The van der Waals surface area contributed by atoms with E-state index in [0.717, 1.165) is 11.3 Å². The van der Waals surface area contributed by atoms with Crippen LogP contribution >= 0.6 is 0 Å². The second kappa shape index (κ2) is 22.4. The summed E-state index contributed by atoms with van der Waals surface area (Å²) in [4.78, 5) is 84.4. The van der Waals surface area contributed by atoms with Gasteiger partial charge in [-0.2, -0.15) is 0 Å². The summed E-state index contributed by atoms with van der Waals surface area (Å²) in [6, 6.07) is 11.2. The smallest absolute Gasteiger partial charge is 0.411 e. The number of nitrogens with zero attached hydrogens (tertiary/aromatic N) is 5. The topological polar surface area (TPSA) is 178 Å². The minimum atomic E-state index is -1.56. The van der Waals surface area contributed by atoms with Gasteiger partial charge >= 0.3 is 18.0 Å². The molecule has 0 N–H and O–H groups in total. The van der Waals surface area contributed by atoms with Gasteiger partial charge in [0.25, 0.3) is 0 Å². The van der Waals surface area contributed by atoms with Crippen LogP contribution in [0.2, 0.25) is 0 Å². The van der Waals surface area contributed by atoms with E-state index >= 15 is 4.79 Å². The molecular weight excluding hydrogens is 871 g/mol. The lowest BCUT2D eigenvalue weighted by Crippen LogP contribution is -2.61. The van der Waals surface area contributed by atoms with Crippen LogP contribution in [0.1, 0.15) is 97.9 Å². The molecule has 16 nitrogen and oxygen atoms in total. The number of aromatic nitrogens is 3. The van der Waals surface area contributed by atoms with Crippen molar-refractivity contribution in [1.82, 2.24) is 24.3 Å². The van der Waals surface area contributed by atoms with E-state index in [-0.39, 0.29) is 37.3 Å². The number of allylic oxidation sites excluding steroid dienone is 1. The first-order valence-electron chi connectivity index (χ1n) is 24.0. The van der Waals surface area contributed by atoms with Crippen LogP contribution < -0.4 is 0 Å². The fourth-order valence-electron chi connectivity index (χ4n) is 10.5. The molecule has 6 rings (SSSR count). The Kier molecular flexibility index (Phi) is 17.2. The molecule has 0 aliphatic carbocycles. The van der Waals surface area contributed by atoms with E-state index in [1.807, 2.05) is 55.7 Å². The number of pyridine rings is 1. The number of cyclic esters (lactones) is 1. The van der Waals surface area contributed by atoms with E-state index < -0.39 is 89.3 Å². The highest BCUT2D eigenvalue weighted by Gasteiger charge is 2.61. The Labute approximate surface area is 401 Å². The minimum absolute atomic E-state index is 0.0723. The maximum Gasteiger partial charge on any atom is 0.411 e. The zero-order chi connectivity index (χ0) is 49.5. The lowest BCUT2D eigenvalue weighted by molar-refractivity contribution is -0.294. The van der Waals surface area contributed by atoms with E-state index in [4.69, 9.17) is 28.4 Å². The standard InChI is InChI=1S/C52H71N5O11/c1-12-23-52-41(13-2)65-47(60)36(7)43(59)35(6)46(67-49-44(40(55(9)10)27-33(4)64-49)66-48(61)37-20-15-14-16-21-37)51(8,63-11)28-32(3)42(58)34(5)45(52)57(50(62)68-52)26-18-17-25-56-30-39(54-31-56)38-22-19-24-53-29-38/h12,14-16,19-24,29-36,40-41,44-46,49H,13,17-18,25-28H2,1-11H3/b23-12-/t32-,33-,34+,35+,36-,40+,41-,44-,45-,46-,49+,51-,52-/m1/s1. The second-order valence-electron chi connectivity index (χ2n) is 19.2. The Bertz CT molecular complexity index is 2240. The third kappa shape index (κ3) is 11.1. The molecule has 0 bridgehead atoms. The number of hydrogen-bond acceptors (Lipinski definition) is 14. The van der Waals surface area contributed by atoms with E-state index in [0.29, 0.717) is 31.4 Å². The number of fused-ring (bicyclic) bond motifs is 1. The molecule has 2 aromatic heterocycles. The number of likely N-dealkylation sites (N-methyl/N-ethyl adjacent to an activating group) is 1. The van der Waals surface area contributed by atoms with Crippen molar-refractivity contribution >= 4 is 29.6 Å². The van der Waals surface area contributed by atoms with Gasteiger partial charge in [-0.3, -0.25) is 24.3 Å². The summed E-state index contributed by atoms with van der Waals surface area (Å²) >= 11 is 0. The molecule has 1 aromatic carbocycles.